The monoisotopic (exact) mass is 472 g/mol. The smallest absolute Gasteiger partial charge is 0.271 e. The van der Waals surface area contributed by atoms with E-state index >= 15 is 0 Å². The fourth-order valence-corrected chi connectivity index (χ4v) is 5.50. The van der Waals surface area contributed by atoms with Gasteiger partial charge < -0.3 is 9.64 Å². The lowest BCUT2D eigenvalue weighted by atomic mass is 10.1. The van der Waals surface area contributed by atoms with Crippen molar-refractivity contribution in [3.05, 3.63) is 94.9 Å². The summed E-state index contributed by atoms with van der Waals surface area (Å²) in [7, 11) is 1.55. The van der Waals surface area contributed by atoms with Crippen molar-refractivity contribution in [2.45, 2.75) is 6.42 Å². The van der Waals surface area contributed by atoms with E-state index in [4.69, 9.17) is 17.0 Å². The first-order valence-corrected chi connectivity index (χ1v) is 11.7. The summed E-state index contributed by atoms with van der Waals surface area (Å²) in [5.41, 5.74) is 3.71. The van der Waals surface area contributed by atoms with E-state index in [1.54, 1.807) is 24.1 Å². The fourth-order valence-electron chi connectivity index (χ4n) is 4.15. The van der Waals surface area contributed by atoms with E-state index in [-0.39, 0.29) is 11.8 Å². The number of nitrogens with zero attached hydrogens (tertiary/aromatic N) is 2. The van der Waals surface area contributed by atoms with Crippen molar-refractivity contribution in [3.63, 3.8) is 0 Å². The molecule has 5 rings (SSSR count). The Morgan fingerprint density at radius 2 is 1.52 bits per heavy atom. The molecule has 0 aromatic heterocycles. The van der Waals surface area contributed by atoms with Gasteiger partial charge in [0.2, 0.25) is 0 Å². The van der Waals surface area contributed by atoms with Crippen molar-refractivity contribution in [1.82, 2.24) is 0 Å². The van der Waals surface area contributed by atoms with Gasteiger partial charge in [-0.3, -0.25) is 14.5 Å². The number of hydrogen-bond donors (Lipinski definition) is 0. The molecule has 164 valence electrons. The second-order valence-corrected chi connectivity index (χ2v) is 9.24. The Bertz CT molecular complexity index is 1300. The van der Waals surface area contributed by atoms with Crippen molar-refractivity contribution in [2.24, 2.45) is 0 Å². The standard InChI is InChI=1S/C26H20N2O3S2/c1-31-21-14-8-7-13-20(21)28-25(30)23(33-26(28)32)22-18-11-5-6-12-19(18)27(24(22)29)16-15-17-9-3-2-4-10-17/h2-14H,15-16H2,1H3. The number of hydrogen-bond acceptors (Lipinski definition) is 5. The minimum atomic E-state index is -0.308. The van der Waals surface area contributed by atoms with Crippen LogP contribution in [-0.2, 0) is 16.0 Å². The number of amides is 2. The molecule has 33 heavy (non-hydrogen) atoms. The number of carbonyl (C=O) groups excluding carboxylic acids is 2. The van der Waals surface area contributed by atoms with Crippen LogP contribution in [0.4, 0.5) is 11.4 Å². The molecular weight excluding hydrogens is 452 g/mol. The molecule has 0 spiro atoms. The first-order chi connectivity index (χ1) is 16.1. The first kappa shape index (κ1) is 21.4. The molecule has 2 aliphatic heterocycles. The van der Waals surface area contributed by atoms with E-state index in [1.165, 1.54) is 4.90 Å². The van der Waals surface area contributed by atoms with Gasteiger partial charge in [0.05, 0.1) is 29.0 Å². The van der Waals surface area contributed by atoms with Crippen LogP contribution in [0.15, 0.2) is 83.8 Å². The Labute approximate surface area is 201 Å². The number of benzene rings is 3. The van der Waals surface area contributed by atoms with Gasteiger partial charge in [0.25, 0.3) is 11.8 Å². The minimum absolute atomic E-state index is 0.173. The molecule has 3 aromatic carbocycles. The molecule has 2 heterocycles. The zero-order valence-corrected chi connectivity index (χ0v) is 19.5. The third-order valence-corrected chi connectivity index (χ3v) is 7.09. The van der Waals surface area contributed by atoms with Gasteiger partial charge in [-0.1, -0.05) is 84.6 Å². The molecule has 7 heteroatoms. The summed E-state index contributed by atoms with van der Waals surface area (Å²) in [6.45, 7) is 0.524. The van der Waals surface area contributed by atoms with E-state index in [2.05, 4.69) is 0 Å². The molecule has 0 bridgehead atoms. The van der Waals surface area contributed by atoms with Crippen LogP contribution < -0.4 is 14.5 Å². The van der Waals surface area contributed by atoms with Crippen molar-refractivity contribution in [2.75, 3.05) is 23.5 Å². The number of fused-ring (bicyclic) bond motifs is 1. The minimum Gasteiger partial charge on any atom is -0.495 e. The summed E-state index contributed by atoms with van der Waals surface area (Å²) in [6, 6.07) is 24.9. The van der Waals surface area contributed by atoms with Gasteiger partial charge in [0.15, 0.2) is 4.32 Å². The lowest BCUT2D eigenvalue weighted by Gasteiger charge is -2.18. The van der Waals surface area contributed by atoms with Gasteiger partial charge in [-0.15, -0.1) is 0 Å². The normalized spacial score (nSPS) is 17.7. The second kappa shape index (κ2) is 8.84. The molecule has 0 radical (unpaired) electrons. The highest BCUT2D eigenvalue weighted by molar-refractivity contribution is 8.27. The van der Waals surface area contributed by atoms with Crippen LogP contribution in [0.25, 0.3) is 5.57 Å². The zero-order valence-electron chi connectivity index (χ0n) is 17.9. The van der Waals surface area contributed by atoms with Crippen LogP contribution >= 0.6 is 24.0 Å². The maximum absolute atomic E-state index is 13.6. The predicted molar refractivity (Wildman–Crippen MR) is 137 cm³/mol. The molecule has 2 aliphatic rings. The molecule has 3 aromatic rings. The summed E-state index contributed by atoms with van der Waals surface area (Å²) in [6.07, 6.45) is 0.719. The van der Waals surface area contributed by atoms with Gasteiger partial charge in [-0.2, -0.15) is 0 Å². The van der Waals surface area contributed by atoms with Crippen molar-refractivity contribution >= 4 is 57.1 Å². The summed E-state index contributed by atoms with van der Waals surface area (Å²) in [5.74, 6) is 0.0629. The number of thioether (sulfide) groups is 1. The third kappa shape index (κ3) is 3.73. The molecule has 1 saturated heterocycles. The summed E-state index contributed by atoms with van der Waals surface area (Å²) in [5, 5.41) is 0. The zero-order chi connectivity index (χ0) is 22.9. The lowest BCUT2D eigenvalue weighted by molar-refractivity contribution is -0.115. The largest absolute Gasteiger partial charge is 0.495 e. The highest BCUT2D eigenvalue weighted by Gasteiger charge is 2.43. The average Bonchev–Trinajstić information content (AvgIpc) is 3.29. The van der Waals surface area contributed by atoms with Crippen LogP contribution in [0.3, 0.4) is 0 Å². The highest BCUT2D eigenvalue weighted by Crippen LogP contribution is 2.46. The molecule has 0 N–H and O–H groups in total. The fraction of sp³-hybridized carbons (Fsp3) is 0.115. The lowest BCUT2D eigenvalue weighted by Crippen LogP contribution is -2.30. The number of thiocarbonyl (C=S) groups is 1. The Hall–Kier alpha value is -3.42. The van der Waals surface area contributed by atoms with E-state index in [0.717, 1.165) is 35.0 Å². The molecule has 0 saturated carbocycles. The molecule has 5 nitrogen and oxygen atoms in total. The Balaban J connectivity index is 1.53. The van der Waals surface area contributed by atoms with Gasteiger partial charge in [-0.25, -0.2) is 0 Å². The van der Waals surface area contributed by atoms with E-state index in [0.29, 0.717) is 32.8 Å². The first-order valence-electron chi connectivity index (χ1n) is 10.5. The van der Waals surface area contributed by atoms with Crippen LogP contribution in [0, 0.1) is 0 Å². The van der Waals surface area contributed by atoms with E-state index in [9.17, 15) is 9.59 Å². The van der Waals surface area contributed by atoms with Crippen molar-refractivity contribution in [3.8, 4) is 5.75 Å². The third-order valence-electron chi connectivity index (χ3n) is 5.71. The Morgan fingerprint density at radius 1 is 0.848 bits per heavy atom. The van der Waals surface area contributed by atoms with Gasteiger partial charge in [0.1, 0.15) is 5.75 Å². The summed E-state index contributed by atoms with van der Waals surface area (Å²) >= 11 is 6.72. The quantitative estimate of drug-likeness (QED) is 0.384. The molecular formula is C26H20N2O3S2. The average molecular weight is 473 g/mol. The van der Waals surface area contributed by atoms with E-state index in [1.807, 2.05) is 66.7 Å². The topological polar surface area (TPSA) is 49.9 Å². The predicted octanol–water partition coefficient (Wildman–Crippen LogP) is 5.06. The maximum atomic E-state index is 13.6. The van der Waals surface area contributed by atoms with Crippen LogP contribution in [0.5, 0.6) is 5.75 Å². The van der Waals surface area contributed by atoms with Gasteiger partial charge >= 0.3 is 0 Å². The van der Waals surface area contributed by atoms with Crippen LogP contribution in [-0.4, -0.2) is 29.8 Å². The summed E-state index contributed by atoms with van der Waals surface area (Å²) < 4.78 is 5.80. The number of ether oxygens (including phenoxy) is 1. The van der Waals surface area contributed by atoms with Gasteiger partial charge in [-0.05, 0) is 30.2 Å². The molecule has 0 atom stereocenters. The number of para-hydroxylation sites is 3. The summed E-state index contributed by atoms with van der Waals surface area (Å²) in [4.78, 5) is 30.7. The highest BCUT2D eigenvalue weighted by atomic mass is 32.2. The Morgan fingerprint density at radius 3 is 2.27 bits per heavy atom. The van der Waals surface area contributed by atoms with Crippen molar-refractivity contribution < 1.29 is 14.3 Å². The number of carbonyl (C=O) groups is 2. The Kier molecular flexibility index (Phi) is 5.74. The number of anilines is 2. The molecule has 0 aliphatic carbocycles. The molecule has 2 amide bonds. The molecule has 1 fully saturated rings. The number of methoxy groups -OCH3 is 1. The van der Waals surface area contributed by atoms with Crippen molar-refractivity contribution in [1.29, 1.82) is 0 Å². The SMILES string of the molecule is COc1ccccc1N1C(=O)C(=C2C(=O)N(CCc3ccccc3)c3ccccc32)SC1=S. The number of rotatable bonds is 5. The maximum Gasteiger partial charge on any atom is 0.271 e. The van der Waals surface area contributed by atoms with Gasteiger partial charge in [0, 0.05) is 12.1 Å². The van der Waals surface area contributed by atoms with Crippen LogP contribution in [0.2, 0.25) is 0 Å². The second-order valence-electron chi connectivity index (χ2n) is 7.59. The molecule has 0 unspecified atom stereocenters. The van der Waals surface area contributed by atoms with E-state index < -0.39 is 0 Å². The van der Waals surface area contributed by atoms with Crippen LogP contribution in [0.1, 0.15) is 11.1 Å².